The van der Waals surface area contributed by atoms with Gasteiger partial charge in [-0.05, 0) is 30.1 Å². The van der Waals surface area contributed by atoms with Crippen molar-refractivity contribution in [2.24, 2.45) is 0 Å². The van der Waals surface area contributed by atoms with Gasteiger partial charge in [-0.3, -0.25) is 4.79 Å². The van der Waals surface area contributed by atoms with E-state index in [2.05, 4.69) is 26.8 Å². The lowest BCUT2D eigenvalue weighted by atomic mass is 9.67. The molecular formula is C21H32O4Si. The summed E-state index contributed by atoms with van der Waals surface area (Å²) in [5.41, 5.74) is -0.101. The third kappa shape index (κ3) is 3.53. The van der Waals surface area contributed by atoms with Crippen molar-refractivity contribution in [1.29, 1.82) is 0 Å². The Morgan fingerprint density at radius 2 is 1.73 bits per heavy atom. The first-order valence-corrected chi connectivity index (χ1v) is 12.1. The van der Waals surface area contributed by atoms with Gasteiger partial charge in [0.25, 0.3) is 0 Å². The first-order valence-electron chi connectivity index (χ1n) is 9.55. The van der Waals surface area contributed by atoms with E-state index in [9.17, 15) is 4.79 Å². The Kier molecular flexibility index (Phi) is 7.21. The highest BCUT2D eigenvalue weighted by Crippen LogP contribution is 2.43. The van der Waals surface area contributed by atoms with Crippen molar-refractivity contribution in [3.63, 3.8) is 0 Å². The molecule has 0 spiro atoms. The minimum atomic E-state index is -1.94. The molecule has 2 rings (SSSR count). The van der Waals surface area contributed by atoms with Crippen LogP contribution in [0, 0.1) is 0 Å². The van der Waals surface area contributed by atoms with Gasteiger partial charge in [-0.15, -0.1) is 0 Å². The second kappa shape index (κ2) is 8.98. The fourth-order valence-corrected chi connectivity index (χ4v) is 6.93. The van der Waals surface area contributed by atoms with E-state index < -0.39 is 13.7 Å². The minimum Gasteiger partial charge on any atom is -0.468 e. The van der Waals surface area contributed by atoms with Crippen LogP contribution in [0.25, 0.3) is 0 Å². The predicted molar refractivity (Wildman–Crippen MR) is 107 cm³/mol. The van der Waals surface area contributed by atoms with Gasteiger partial charge in [-0.25, -0.2) is 0 Å². The summed E-state index contributed by atoms with van der Waals surface area (Å²) in [6.07, 6.45) is 4.05. The number of benzene rings is 1. The number of carbonyl (C=O) groups is 1. The number of hydrogen-bond donors (Lipinski definition) is 0. The zero-order chi connectivity index (χ0) is 19.2. The third-order valence-corrected chi connectivity index (χ3v) is 10.6. The van der Waals surface area contributed by atoms with E-state index in [-0.39, 0.29) is 18.2 Å². The number of esters is 1. The van der Waals surface area contributed by atoms with Crippen molar-refractivity contribution in [3.8, 4) is 0 Å². The lowest BCUT2D eigenvalue weighted by Crippen LogP contribution is -2.60. The molecule has 4 nitrogen and oxygen atoms in total. The third-order valence-electron chi connectivity index (χ3n) is 5.99. The summed E-state index contributed by atoms with van der Waals surface area (Å²) >= 11 is 0. The van der Waals surface area contributed by atoms with Gasteiger partial charge in [0.2, 0.25) is 0 Å². The predicted octanol–water partition coefficient (Wildman–Crippen LogP) is 4.46. The highest BCUT2D eigenvalue weighted by atomic mass is 28.4. The van der Waals surface area contributed by atoms with E-state index in [0.29, 0.717) is 6.42 Å². The molecule has 0 N–H and O–H groups in total. The quantitative estimate of drug-likeness (QED) is 0.382. The van der Waals surface area contributed by atoms with Gasteiger partial charge in [0.05, 0.1) is 19.3 Å². The summed E-state index contributed by atoms with van der Waals surface area (Å²) in [7, 11) is 1.16. The van der Waals surface area contributed by atoms with Crippen LogP contribution in [0.2, 0.25) is 18.1 Å². The van der Waals surface area contributed by atoms with E-state index in [4.69, 9.17) is 13.9 Å². The van der Waals surface area contributed by atoms with E-state index in [1.807, 2.05) is 36.4 Å². The van der Waals surface area contributed by atoms with E-state index in [1.54, 1.807) is 7.11 Å². The molecule has 3 unspecified atom stereocenters. The topological polar surface area (TPSA) is 44.8 Å². The molecule has 0 radical (unpaired) electrons. The molecule has 1 aliphatic carbocycles. The summed E-state index contributed by atoms with van der Waals surface area (Å²) < 4.78 is 17.9. The number of rotatable bonds is 8. The number of methoxy groups -OCH3 is 2. The Morgan fingerprint density at radius 1 is 1.12 bits per heavy atom. The molecule has 0 heterocycles. The molecule has 0 fully saturated rings. The smallest absolute Gasteiger partial charge is 0.321 e. The van der Waals surface area contributed by atoms with Crippen molar-refractivity contribution < 1.29 is 18.7 Å². The molecule has 144 valence electrons. The van der Waals surface area contributed by atoms with Crippen molar-refractivity contribution in [2.45, 2.75) is 62.9 Å². The SMILES string of the molecule is CC[Si](CC)(CC)OC1C=CCC(OC)C1(C(=O)OC)c1ccccc1. The zero-order valence-corrected chi connectivity index (χ0v) is 17.7. The van der Waals surface area contributed by atoms with E-state index in [1.165, 1.54) is 7.11 Å². The molecule has 1 aromatic carbocycles. The Bertz CT molecular complexity index is 603. The van der Waals surface area contributed by atoms with Gasteiger partial charge in [0.15, 0.2) is 8.32 Å². The van der Waals surface area contributed by atoms with Crippen LogP contribution in [0.1, 0.15) is 32.8 Å². The van der Waals surface area contributed by atoms with Crippen LogP contribution < -0.4 is 0 Å². The molecular weight excluding hydrogens is 344 g/mol. The molecule has 0 saturated heterocycles. The average molecular weight is 377 g/mol. The minimum absolute atomic E-state index is 0.295. The van der Waals surface area contributed by atoms with Gasteiger partial charge < -0.3 is 13.9 Å². The number of hydrogen-bond acceptors (Lipinski definition) is 4. The summed E-state index contributed by atoms with van der Waals surface area (Å²) in [5, 5.41) is 0. The first-order chi connectivity index (χ1) is 12.5. The maximum absolute atomic E-state index is 13.2. The molecule has 5 heteroatoms. The van der Waals surface area contributed by atoms with Crippen LogP contribution in [-0.2, 0) is 24.1 Å². The highest BCUT2D eigenvalue weighted by molar-refractivity contribution is 6.73. The molecule has 1 aliphatic rings. The second-order valence-corrected chi connectivity index (χ2v) is 11.6. The van der Waals surface area contributed by atoms with Crippen molar-refractivity contribution in [3.05, 3.63) is 48.0 Å². The normalized spacial score (nSPS) is 25.9. The molecule has 0 bridgehead atoms. The van der Waals surface area contributed by atoms with Crippen LogP contribution >= 0.6 is 0 Å². The van der Waals surface area contributed by atoms with Gasteiger partial charge in [0, 0.05) is 7.11 Å². The Hall–Kier alpha value is -1.43. The monoisotopic (exact) mass is 376 g/mol. The van der Waals surface area contributed by atoms with Crippen molar-refractivity contribution in [2.75, 3.05) is 14.2 Å². The second-order valence-electron chi connectivity index (χ2n) is 6.90. The lowest BCUT2D eigenvalue weighted by Gasteiger charge is -2.47. The number of carbonyl (C=O) groups excluding carboxylic acids is 1. The Labute approximate surface area is 158 Å². The van der Waals surface area contributed by atoms with Crippen LogP contribution in [0.3, 0.4) is 0 Å². The molecule has 26 heavy (non-hydrogen) atoms. The summed E-state index contributed by atoms with van der Waals surface area (Å²) in [6.45, 7) is 6.59. The largest absolute Gasteiger partial charge is 0.468 e. The molecule has 0 aliphatic heterocycles. The van der Waals surface area contributed by atoms with Crippen molar-refractivity contribution in [1.82, 2.24) is 0 Å². The molecule has 3 atom stereocenters. The fraction of sp³-hybridized carbons (Fsp3) is 0.571. The lowest BCUT2D eigenvalue weighted by molar-refractivity contribution is -0.159. The van der Waals surface area contributed by atoms with Crippen molar-refractivity contribution >= 4 is 14.3 Å². The highest BCUT2D eigenvalue weighted by Gasteiger charge is 2.57. The van der Waals surface area contributed by atoms with E-state index in [0.717, 1.165) is 23.7 Å². The fourth-order valence-electron chi connectivity index (χ4n) is 4.13. The molecule has 1 aromatic rings. The first kappa shape index (κ1) is 20.9. The maximum Gasteiger partial charge on any atom is 0.321 e. The number of ether oxygens (including phenoxy) is 2. The van der Waals surface area contributed by atoms with Gasteiger partial charge in [0.1, 0.15) is 5.41 Å². The van der Waals surface area contributed by atoms with Crippen LogP contribution in [0.4, 0.5) is 0 Å². The standard InChI is InChI=1S/C21H32O4Si/c1-6-26(7-2,8-3)25-19-16-12-15-18(23-4)21(19,20(22)24-5)17-13-10-9-11-14-17/h9-14,16,18-19H,6-8,15H2,1-5H3. The van der Waals surface area contributed by atoms with Gasteiger partial charge in [-0.2, -0.15) is 0 Å². The van der Waals surface area contributed by atoms with Gasteiger partial charge in [-0.1, -0.05) is 63.3 Å². The molecule has 0 saturated carbocycles. The Balaban J connectivity index is 2.64. The summed E-state index contributed by atoms with van der Waals surface area (Å²) in [4.78, 5) is 13.2. The summed E-state index contributed by atoms with van der Waals surface area (Å²) in [6, 6.07) is 12.9. The Morgan fingerprint density at radius 3 is 2.23 bits per heavy atom. The van der Waals surface area contributed by atoms with E-state index >= 15 is 0 Å². The molecule has 0 amide bonds. The zero-order valence-electron chi connectivity index (χ0n) is 16.7. The molecule has 0 aromatic heterocycles. The van der Waals surface area contributed by atoms with Crippen LogP contribution in [0.15, 0.2) is 42.5 Å². The summed E-state index contributed by atoms with van der Waals surface area (Å²) in [5.74, 6) is -0.295. The maximum atomic E-state index is 13.2. The van der Waals surface area contributed by atoms with Crippen LogP contribution in [-0.4, -0.2) is 40.7 Å². The van der Waals surface area contributed by atoms with Gasteiger partial charge >= 0.3 is 5.97 Å². The average Bonchev–Trinajstić information content (AvgIpc) is 2.71. The van der Waals surface area contributed by atoms with Crippen LogP contribution in [0.5, 0.6) is 0 Å².